The van der Waals surface area contributed by atoms with Gasteiger partial charge in [0.2, 0.25) is 0 Å². The lowest BCUT2D eigenvalue weighted by Crippen LogP contribution is -2.32. The zero-order valence-corrected chi connectivity index (χ0v) is 16.5. The average molecular weight is 392 g/mol. The van der Waals surface area contributed by atoms with Gasteiger partial charge in [0.25, 0.3) is 11.1 Å². The molecule has 0 saturated carbocycles. The van der Waals surface area contributed by atoms with Crippen LogP contribution in [-0.4, -0.2) is 33.8 Å². The van der Waals surface area contributed by atoms with E-state index in [-0.39, 0.29) is 24.3 Å². The van der Waals surface area contributed by atoms with E-state index in [1.54, 1.807) is 6.08 Å². The topological polar surface area (TPSA) is 51.5 Å². The Kier molecular flexibility index (Phi) is 4.96. The molecular formula is C22H20N2O3S. The number of para-hydroxylation sites is 1. The van der Waals surface area contributed by atoms with Crippen molar-refractivity contribution in [1.29, 1.82) is 0 Å². The van der Waals surface area contributed by atoms with Crippen molar-refractivity contribution in [2.24, 2.45) is 7.05 Å². The van der Waals surface area contributed by atoms with Gasteiger partial charge >= 0.3 is 0 Å². The molecule has 0 N–H and O–H groups in total. The molecule has 142 valence electrons. The van der Waals surface area contributed by atoms with Crippen molar-refractivity contribution < 1.29 is 14.3 Å². The Morgan fingerprint density at radius 2 is 1.82 bits per heavy atom. The van der Waals surface area contributed by atoms with Gasteiger partial charge < -0.3 is 9.30 Å². The number of aromatic nitrogens is 1. The minimum atomic E-state index is -0.268. The van der Waals surface area contributed by atoms with E-state index in [4.69, 9.17) is 4.74 Å². The lowest BCUT2D eigenvalue weighted by Gasteiger charge is -2.13. The molecule has 0 unspecified atom stereocenters. The van der Waals surface area contributed by atoms with E-state index in [9.17, 15) is 9.59 Å². The van der Waals surface area contributed by atoms with Gasteiger partial charge in [0.1, 0.15) is 12.4 Å². The number of rotatable bonds is 5. The van der Waals surface area contributed by atoms with E-state index >= 15 is 0 Å². The van der Waals surface area contributed by atoms with Crippen LogP contribution in [-0.2, 0) is 11.8 Å². The molecule has 2 amide bonds. The van der Waals surface area contributed by atoms with Crippen LogP contribution in [0, 0.1) is 6.92 Å². The third kappa shape index (κ3) is 3.55. The third-order valence-electron chi connectivity index (χ3n) is 4.69. The van der Waals surface area contributed by atoms with E-state index in [0.29, 0.717) is 4.91 Å². The maximum Gasteiger partial charge on any atom is 0.293 e. The molecule has 1 aliphatic heterocycles. The van der Waals surface area contributed by atoms with Crippen LogP contribution in [0.4, 0.5) is 4.79 Å². The second-order valence-corrected chi connectivity index (χ2v) is 7.70. The summed E-state index contributed by atoms with van der Waals surface area (Å²) in [5.41, 5.74) is 3.16. The molecule has 0 aliphatic carbocycles. The molecule has 0 bridgehead atoms. The van der Waals surface area contributed by atoms with Gasteiger partial charge in [0, 0.05) is 29.7 Å². The van der Waals surface area contributed by atoms with Gasteiger partial charge in [-0.15, -0.1) is 0 Å². The first-order valence-electron chi connectivity index (χ1n) is 9.02. The molecule has 1 fully saturated rings. The Hall–Kier alpha value is -2.99. The smallest absolute Gasteiger partial charge is 0.293 e. The van der Waals surface area contributed by atoms with E-state index in [1.807, 2.05) is 73.3 Å². The molecule has 1 saturated heterocycles. The van der Waals surface area contributed by atoms with Crippen molar-refractivity contribution >= 4 is 39.9 Å². The van der Waals surface area contributed by atoms with Gasteiger partial charge in [-0.2, -0.15) is 0 Å². The second kappa shape index (κ2) is 7.56. The Bertz CT molecular complexity index is 1080. The highest BCUT2D eigenvalue weighted by Crippen LogP contribution is 2.33. The minimum Gasteiger partial charge on any atom is -0.492 e. The molecule has 4 rings (SSSR count). The SMILES string of the molecule is Cc1ccc(OCCN2C(=O)S/C(=C\c3cn(C)c4ccccc34)C2=O)cc1. The molecule has 2 heterocycles. The van der Waals surface area contributed by atoms with E-state index < -0.39 is 0 Å². The third-order valence-corrected chi connectivity index (χ3v) is 5.60. The number of amides is 2. The van der Waals surface area contributed by atoms with Crippen LogP contribution in [0.5, 0.6) is 5.75 Å². The molecule has 1 aliphatic rings. The largest absolute Gasteiger partial charge is 0.492 e. The molecule has 3 aromatic rings. The molecule has 2 aromatic carbocycles. The summed E-state index contributed by atoms with van der Waals surface area (Å²) in [4.78, 5) is 26.7. The van der Waals surface area contributed by atoms with Gasteiger partial charge in [0.15, 0.2) is 0 Å². The summed E-state index contributed by atoms with van der Waals surface area (Å²) in [5.74, 6) is 0.458. The highest BCUT2D eigenvalue weighted by molar-refractivity contribution is 8.18. The van der Waals surface area contributed by atoms with Crippen molar-refractivity contribution in [2.75, 3.05) is 13.2 Å². The summed E-state index contributed by atoms with van der Waals surface area (Å²) in [6.45, 7) is 2.50. The van der Waals surface area contributed by atoms with Gasteiger partial charge in [0.05, 0.1) is 11.4 Å². The van der Waals surface area contributed by atoms with Crippen LogP contribution in [0.25, 0.3) is 17.0 Å². The quantitative estimate of drug-likeness (QED) is 0.596. The van der Waals surface area contributed by atoms with Crippen LogP contribution >= 0.6 is 11.8 Å². The lowest BCUT2D eigenvalue weighted by atomic mass is 10.1. The van der Waals surface area contributed by atoms with E-state index in [2.05, 4.69) is 0 Å². The van der Waals surface area contributed by atoms with Crippen LogP contribution in [0.2, 0.25) is 0 Å². The number of aryl methyl sites for hydroxylation is 2. The number of hydrogen-bond acceptors (Lipinski definition) is 4. The molecule has 5 nitrogen and oxygen atoms in total. The zero-order chi connectivity index (χ0) is 19.7. The standard InChI is InChI=1S/C22H20N2O3S/c1-15-7-9-17(10-8-15)27-12-11-24-21(25)20(28-22(24)26)13-16-14-23(2)19-6-4-3-5-18(16)19/h3-10,13-14H,11-12H2,1-2H3/b20-13-. The fourth-order valence-corrected chi connectivity index (χ4v) is 4.07. The lowest BCUT2D eigenvalue weighted by molar-refractivity contribution is -0.123. The number of fused-ring (bicyclic) bond motifs is 1. The molecule has 28 heavy (non-hydrogen) atoms. The Balaban J connectivity index is 1.47. The predicted octanol–water partition coefficient (Wildman–Crippen LogP) is 4.60. The average Bonchev–Trinajstić information content (AvgIpc) is 3.15. The van der Waals surface area contributed by atoms with Crippen LogP contribution in [0.1, 0.15) is 11.1 Å². The highest BCUT2D eigenvalue weighted by atomic mass is 32.2. The minimum absolute atomic E-state index is 0.228. The number of carbonyl (C=O) groups is 2. The number of nitrogens with zero attached hydrogens (tertiary/aromatic N) is 2. The summed E-state index contributed by atoms with van der Waals surface area (Å²) in [5, 5.41) is 0.795. The summed E-state index contributed by atoms with van der Waals surface area (Å²) < 4.78 is 7.67. The van der Waals surface area contributed by atoms with Gasteiger partial charge in [-0.3, -0.25) is 14.5 Å². The first kappa shape index (κ1) is 18.4. The van der Waals surface area contributed by atoms with Gasteiger partial charge in [-0.25, -0.2) is 0 Å². The highest BCUT2D eigenvalue weighted by Gasteiger charge is 2.35. The number of imide groups is 1. The molecule has 0 spiro atoms. The van der Waals surface area contributed by atoms with Crippen LogP contribution in [0.15, 0.2) is 59.6 Å². The maximum absolute atomic E-state index is 12.7. The van der Waals surface area contributed by atoms with Gasteiger partial charge in [-0.05, 0) is 43.0 Å². The fourth-order valence-electron chi connectivity index (χ4n) is 3.21. The van der Waals surface area contributed by atoms with Gasteiger partial charge in [-0.1, -0.05) is 35.9 Å². The van der Waals surface area contributed by atoms with E-state index in [1.165, 1.54) is 4.90 Å². The predicted molar refractivity (Wildman–Crippen MR) is 112 cm³/mol. The van der Waals surface area contributed by atoms with Crippen molar-refractivity contribution in [3.05, 3.63) is 70.8 Å². The zero-order valence-electron chi connectivity index (χ0n) is 15.7. The van der Waals surface area contributed by atoms with Crippen molar-refractivity contribution in [1.82, 2.24) is 9.47 Å². The maximum atomic E-state index is 12.7. The van der Waals surface area contributed by atoms with Crippen molar-refractivity contribution in [3.63, 3.8) is 0 Å². The summed E-state index contributed by atoms with van der Waals surface area (Å²) in [6, 6.07) is 15.7. The Morgan fingerprint density at radius 1 is 1.07 bits per heavy atom. The summed E-state index contributed by atoms with van der Waals surface area (Å²) >= 11 is 0.976. The summed E-state index contributed by atoms with van der Waals surface area (Å²) in [7, 11) is 1.97. The van der Waals surface area contributed by atoms with E-state index in [0.717, 1.165) is 39.5 Å². The number of thioether (sulfide) groups is 1. The molecule has 1 aromatic heterocycles. The number of ether oxygens (including phenoxy) is 1. The number of benzene rings is 2. The molecule has 0 atom stereocenters. The van der Waals surface area contributed by atoms with Crippen LogP contribution in [0.3, 0.4) is 0 Å². The molecular weight excluding hydrogens is 372 g/mol. The first-order chi connectivity index (χ1) is 13.5. The fraction of sp³-hybridized carbons (Fsp3) is 0.182. The van der Waals surface area contributed by atoms with Crippen molar-refractivity contribution in [3.8, 4) is 5.75 Å². The first-order valence-corrected chi connectivity index (χ1v) is 9.83. The normalized spacial score (nSPS) is 15.8. The van der Waals surface area contributed by atoms with Crippen LogP contribution < -0.4 is 4.74 Å². The monoisotopic (exact) mass is 392 g/mol. The Morgan fingerprint density at radius 3 is 2.61 bits per heavy atom. The molecule has 6 heteroatoms. The number of hydrogen-bond donors (Lipinski definition) is 0. The van der Waals surface area contributed by atoms with Crippen molar-refractivity contribution in [2.45, 2.75) is 6.92 Å². The Labute approximate surface area is 167 Å². The second-order valence-electron chi connectivity index (χ2n) is 6.71. The number of carbonyl (C=O) groups excluding carboxylic acids is 2. The summed E-state index contributed by atoms with van der Waals surface area (Å²) in [6.07, 6.45) is 3.77. The molecule has 0 radical (unpaired) electrons.